The van der Waals surface area contributed by atoms with Crippen LogP contribution < -0.4 is 5.32 Å². The van der Waals surface area contributed by atoms with Gasteiger partial charge in [-0.05, 0) is 30.9 Å². The van der Waals surface area contributed by atoms with Gasteiger partial charge in [-0.25, -0.2) is 0 Å². The van der Waals surface area contributed by atoms with E-state index in [0.29, 0.717) is 18.1 Å². The number of rotatable bonds is 7. The molecular formula is C16H19NO4. The number of amides is 1. The van der Waals surface area contributed by atoms with Crippen LogP contribution in [-0.4, -0.2) is 36.9 Å². The van der Waals surface area contributed by atoms with E-state index in [4.69, 9.17) is 9.15 Å². The molecule has 5 nitrogen and oxygen atoms in total. The number of furan rings is 1. The first kappa shape index (κ1) is 14.1. The zero-order valence-electron chi connectivity index (χ0n) is 11.7. The van der Waals surface area contributed by atoms with Crippen molar-refractivity contribution in [1.29, 1.82) is 0 Å². The van der Waals surface area contributed by atoms with Gasteiger partial charge < -0.3 is 19.6 Å². The Morgan fingerprint density at radius 1 is 1.43 bits per heavy atom. The van der Waals surface area contributed by atoms with Crippen LogP contribution in [0.5, 0.6) is 0 Å². The quantitative estimate of drug-likeness (QED) is 0.817. The highest BCUT2D eigenvalue weighted by molar-refractivity contribution is 5.96. The summed E-state index contributed by atoms with van der Waals surface area (Å²) in [7, 11) is 0. The van der Waals surface area contributed by atoms with Crippen molar-refractivity contribution in [2.45, 2.75) is 18.9 Å². The maximum Gasteiger partial charge on any atom is 0.287 e. The Balaban J connectivity index is 1.46. The Hall–Kier alpha value is -1.85. The molecule has 1 aliphatic rings. The second-order valence-electron chi connectivity index (χ2n) is 5.49. The fourth-order valence-electron chi connectivity index (χ4n) is 2.11. The molecule has 112 valence electrons. The smallest absolute Gasteiger partial charge is 0.287 e. The van der Waals surface area contributed by atoms with E-state index < -0.39 is 6.10 Å². The molecule has 1 saturated carbocycles. The van der Waals surface area contributed by atoms with Crippen molar-refractivity contribution in [1.82, 2.24) is 5.32 Å². The maximum atomic E-state index is 12.0. The molecule has 1 aromatic heterocycles. The van der Waals surface area contributed by atoms with E-state index in [2.05, 4.69) is 5.32 Å². The molecule has 1 heterocycles. The van der Waals surface area contributed by atoms with Gasteiger partial charge in [0.05, 0.1) is 12.7 Å². The van der Waals surface area contributed by atoms with Gasteiger partial charge in [0.1, 0.15) is 5.58 Å². The highest BCUT2D eigenvalue weighted by Crippen LogP contribution is 2.28. The molecule has 0 aliphatic heterocycles. The number of carbonyl (C=O) groups is 1. The Morgan fingerprint density at radius 3 is 3.00 bits per heavy atom. The third-order valence-electron chi connectivity index (χ3n) is 3.51. The van der Waals surface area contributed by atoms with Crippen molar-refractivity contribution in [2.24, 2.45) is 5.92 Å². The van der Waals surface area contributed by atoms with Crippen molar-refractivity contribution < 1.29 is 19.1 Å². The second-order valence-corrected chi connectivity index (χ2v) is 5.49. The van der Waals surface area contributed by atoms with E-state index in [0.717, 1.165) is 5.39 Å². The molecule has 1 unspecified atom stereocenters. The minimum Gasteiger partial charge on any atom is -0.451 e. The van der Waals surface area contributed by atoms with Crippen molar-refractivity contribution in [3.05, 3.63) is 36.1 Å². The Kier molecular flexibility index (Phi) is 4.22. The van der Waals surface area contributed by atoms with Crippen LogP contribution in [-0.2, 0) is 4.74 Å². The third-order valence-corrected chi connectivity index (χ3v) is 3.51. The highest BCUT2D eigenvalue weighted by atomic mass is 16.5. The lowest BCUT2D eigenvalue weighted by molar-refractivity contribution is 0.0319. The van der Waals surface area contributed by atoms with Gasteiger partial charge in [-0.15, -0.1) is 0 Å². The molecule has 1 fully saturated rings. The molecular weight excluding hydrogens is 270 g/mol. The number of hydrogen-bond donors (Lipinski definition) is 2. The molecule has 0 bridgehead atoms. The van der Waals surface area contributed by atoms with Crippen LogP contribution in [0.4, 0.5) is 0 Å². The molecule has 2 N–H and O–H groups in total. The number of benzene rings is 1. The van der Waals surface area contributed by atoms with Crippen molar-refractivity contribution in [3.8, 4) is 0 Å². The van der Waals surface area contributed by atoms with Gasteiger partial charge in [-0.1, -0.05) is 18.2 Å². The summed E-state index contributed by atoms with van der Waals surface area (Å²) in [5, 5.41) is 13.3. The van der Waals surface area contributed by atoms with Crippen LogP contribution in [0.3, 0.4) is 0 Å². The second kappa shape index (κ2) is 6.28. The summed E-state index contributed by atoms with van der Waals surface area (Å²) in [6, 6.07) is 9.14. The number of ether oxygens (including phenoxy) is 1. The first-order valence-electron chi connectivity index (χ1n) is 7.25. The minimum atomic E-state index is -0.697. The summed E-state index contributed by atoms with van der Waals surface area (Å²) < 4.78 is 10.8. The SMILES string of the molecule is O=C(NCC(O)COCC1CC1)c1cc2ccccc2o1. The average molecular weight is 289 g/mol. The molecule has 0 saturated heterocycles. The summed E-state index contributed by atoms with van der Waals surface area (Å²) in [6.07, 6.45) is 1.75. The van der Waals surface area contributed by atoms with Crippen LogP contribution in [0.2, 0.25) is 0 Å². The van der Waals surface area contributed by atoms with Crippen molar-refractivity contribution >= 4 is 16.9 Å². The lowest BCUT2D eigenvalue weighted by Gasteiger charge is -2.11. The van der Waals surface area contributed by atoms with Gasteiger partial charge in [0, 0.05) is 18.5 Å². The standard InChI is InChI=1S/C16H19NO4/c18-13(10-20-9-11-5-6-11)8-17-16(19)15-7-12-3-1-2-4-14(12)21-15/h1-4,7,11,13,18H,5-6,8-10H2,(H,17,19). The fourth-order valence-corrected chi connectivity index (χ4v) is 2.11. The van der Waals surface area contributed by atoms with Crippen LogP contribution in [0.1, 0.15) is 23.4 Å². The Morgan fingerprint density at radius 2 is 2.24 bits per heavy atom. The molecule has 21 heavy (non-hydrogen) atoms. The zero-order valence-corrected chi connectivity index (χ0v) is 11.7. The summed E-state index contributed by atoms with van der Waals surface area (Å²) in [6.45, 7) is 1.10. The number of aliphatic hydroxyl groups is 1. The van der Waals surface area contributed by atoms with E-state index >= 15 is 0 Å². The van der Waals surface area contributed by atoms with Crippen LogP contribution in [0, 0.1) is 5.92 Å². The maximum absolute atomic E-state index is 12.0. The van der Waals surface area contributed by atoms with Crippen molar-refractivity contribution in [3.63, 3.8) is 0 Å². The number of carbonyl (C=O) groups excluding carboxylic acids is 1. The normalized spacial score (nSPS) is 16.0. The van der Waals surface area contributed by atoms with Gasteiger partial charge in [0.25, 0.3) is 5.91 Å². The number of hydrogen-bond acceptors (Lipinski definition) is 4. The summed E-state index contributed by atoms with van der Waals surface area (Å²) >= 11 is 0. The summed E-state index contributed by atoms with van der Waals surface area (Å²) in [4.78, 5) is 12.0. The Labute approximate surface area is 122 Å². The average Bonchev–Trinajstić information content (AvgIpc) is 3.20. The monoisotopic (exact) mass is 289 g/mol. The fraction of sp³-hybridized carbons (Fsp3) is 0.438. The van der Waals surface area contributed by atoms with Gasteiger partial charge in [0.2, 0.25) is 0 Å². The predicted molar refractivity (Wildman–Crippen MR) is 78.1 cm³/mol. The minimum absolute atomic E-state index is 0.153. The van der Waals surface area contributed by atoms with E-state index in [9.17, 15) is 9.90 Å². The van der Waals surface area contributed by atoms with E-state index in [-0.39, 0.29) is 24.8 Å². The van der Waals surface area contributed by atoms with Gasteiger partial charge >= 0.3 is 0 Å². The molecule has 1 amide bonds. The molecule has 1 aromatic carbocycles. The molecule has 5 heteroatoms. The third kappa shape index (κ3) is 3.83. The summed E-state index contributed by atoms with van der Waals surface area (Å²) in [5.41, 5.74) is 0.677. The van der Waals surface area contributed by atoms with Gasteiger partial charge in [-0.3, -0.25) is 4.79 Å². The first-order valence-corrected chi connectivity index (χ1v) is 7.25. The summed E-state index contributed by atoms with van der Waals surface area (Å²) in [5.74, 6) is 0.595. The highest BCUT2D eigenvalue weighted by Gasteiger charge is 2.21. The molecule has 0 radical (unpaired) electrons. The number of aliphatic hydroxyl groups excluding tert-OH is 1. The molecule has 3 rings (SSSR count). The van der Waals surface area contributed by atoms with E-state index in [1.165, 1.54) is 12.8 Å². The number of nitrogens with one attached hydrogen (secondary N) is 1. The van der Waals surface area contributed by atoms with Crippen LogP contribution in [0.15, 0.2) is 34.7 Å². The van der Waals surface area contributed by atoms with E-state index in [1.807, 2.05) is 24.3 Å². The van der Waals surface area contributed by atoms with Gasteiger partial charge in [0.15, 0.2) is 5.76 Å². The molecule has 1 aliphatic carbocycles. The number of fused-ring (bicyclic) bond motifs is 1. The largest absolute Gasteiger partial charge is 0.451 e. The van der Waals surface area contributed by atoms with Crippen LogP contribution in [0.25, 0.3) is 11.0 Å². The lowest BCUT2D eigenvalue weighted by atomic mass is 10.2. The zero-order chi connectivity index (χ0) is 14.7. The molecule has 1 atom stereocenters. The first-order chi connectivity index (χ1) is 10.2. The van der Waals surface area contributed by atoms with Crippen LogP contribution >= 0.6 is 0 Å². The predicted octanol–water partition coefficient (Wildman–Crippen LogP) is 1.95. The lowest BCUT2D eigenvalue weighted by Crippen LogP contribution is -2.34. The number of para-hydroxylation sites is 1. The Bertz CT molecular complexity index is 585. The molecule has 2 aromatic rings. The van der Waals surface area contributed by atoms with E-state index in [1.54, 1.807) is 6.07 Å². The van der Waals surface area contributed by atoms with Crippen molar-refractivity contribution in [2.75, 3.05) is 19.8 Å². The topological polar surface area (TPSA) is 71.7 Å². The van der Waals surface area contributed by atoms with Gasteiger partial charge in [-0.2, -0.15) is 0 Å². The molecule has 0 spiro atoms.